The zero-order valence-electron chi connectivity index (χ0n) is 16.0. The van der Waals surface area contributed by atoms with Gasteiger partial charge in [0.25, 0.3) is 11.5 Å². The molecule has 7 heteroatoms. The number of nitrogens with zero attached hydrogens (tertiary/aromatic N) is 3. The second kappa shape index (κ2) is 6.81. The molecule has 2 heterocycles. The van der Waals surface area contributed by atoms with Gasteiger partial charge in [0.2, 0.25) is 0 Å². The van der Waals surface area contributed by atoms with Gasteiger partial charge in [-0.05, 0) is 25.0 Å². The molecule has 1 aromatic heterocycles. The Morgan fingerprint density at radius 1 is 1.30 bits per heavy atom. The lowest BCUT2D eigenvalue weighted by molar-refractivity contribution is -0.0244. The smallest absolute Gasteiger partial charge is 0.278 e. The van der Waals surface area contributed by atoms with Crippen LogP contribution in [0.25, 0.3) is 5.69 Å². The lowest BCUT2D eigenvalue weighted by atomic mass is 9.82. The third-order valence-corrected chi connectivity index (χ3v) is 5.47. The van der Waals surface area contributed by atoms with Crippen LogP contribution in [0, 0.1) is 18.8 Å². The van der Waals surface area contributed by atoms with Gasteiger partial charge in [-0.1, -0.05) is 38.5 Å². The maximum Gasteiger partial charge on any atom is 0.278 e. The summed E-state index contributed by atoms with van der Waals surface area (Å²) in [6.07, 6.45) is 0. The van der Waals surface area contributed by atoms with Crippen LogP contribution in [-0.4, -0.2) is 49.5 Å². The summed E-state index contributed by atoms with van der Waals surface area (Å²) in [7, 11) is 0. The number of rotatable bonds is 3. The van der Waals surface area contributed by atoms with Gasteiger partial charge in [-0.25, -0.2) is 0 Å². The highest BCUT2D eigenvalue weighted by Crippen LogP contribution is 2.34. The maximum absolute atomic E-state index is 12.9. The highest BCUT2D eigenvalue weighted by Gasteiger charge is 2.47. The number of carbonyl (C=O) groups excluding carboxylic acids is 1. The number of likely N-dealkylation sites (tertiary alicyclic amines) is 1. The number of hydrogen-bond acceptors (Lipinski definition) is 5. The minimum Gasteiger partial charge on any atom is -0.505 e. The molecular weight excluding hydrogens is 346 g/mol. The molecule has 27 heavy (non-hydrogen) atoms. The molecule has 3 rings (SSSR count). The van der Waals surface area contributed by atoms with E-state index in [0.29, 0.717) is 12.2 Å². The zero-order chi connectivity index (χ0) is 19.9. The molecule has 2 N–H and O–H groups in total. The summed E-state index contributed by atoms with van der Waals surface area (Å²) in [5, 5.41) is 25.1. The molecule has 1 amide bonds. The van der Waals surface area contributed by atoms with Crippen LogP contribution >= 0.6 is 0 Å². The Hall–Kier alpha value is -2.67. The molecule has 0 radical (unpaired) electrons. The van der Waals surface area contributed by atoms with E-state index < -0.39 is 22.8 Å². The van der Waals surface area contributed by atoms with E-state index in [2.05, 4.69) is 5.10 Å². The van der Waals surface area contributed by atoms with Crippen LogP contribution in [0.5, 0.6) is 5.75 Å². The maximum atomic E-state index is 12.9. The van der Waals surface area contributed by atoms with E-state index in [9.17, 15) is 19.8 Å². The molecule has 0 aliphatic carbocycles. The molecule has 1 aliphatic rings. The molecule has 1 aliphatic heterocycles. The molecule has 0 spiro atoms. The van der Waals surface area contributed by atoms with Crippen molar-refractivity contribution in [2.45, 2.75) is 33.3 Å². The topological polar surface area (TPSA) is 95.7 Å². The molecule has 2 atom stereocenters. The molecule has 1 saturated heterocycles. The van der Waals surface area contributed by atoms with Crippen molar-refractivity contribution in [1.82, 2.24) is 14.7 Å². The first-order valence-corrected chi connectivity index (χ1v) is 9.05. The van der Waals surface area contributed by atoms with Gasteiger partial charge in [-0.2, -0.15) is 9.78 Å². The van der Waals surface area contributed by atoms with E-state index in [-0.39, 0.29) is 24.1 Å². The van der Waals surface area contributed by atoms with E-state index in [1.54, 1.807) is 12.1 Å². The molecule has 0 bridgehead atoms. The number of aromatic hydroxyl groups is 1. The largest absolute Gasteiger partial charge is 0.505 e. The number of benzene rings is 1. The fourth-order valence-corrected chi connectivity index (χ4v) is 3.54. The standard InChI is InChI=1S/C20H25N3O4/c1-12(2)20(27)11-22(10-14(20)4)19(26)18-16(24)9-17(25)23(21-18)15-7-5-13(3)6-8-15/h5-9,12,14,24,27H,10-11H2,1-4H3/t14-,20-/m1/s1. The van der Waals surface area contributed by atoms with E-state index in [1.165, 1.54) is 4.90 Å². The zero-order valence-corrected chi connectivity index (χ0v) is 16.0. The van der Waals surface area contributed by atoms with Gasteiger partial charge in [-0.3, -0.25) is 9.59 Å². The van der Waals surface area contributed by atoms with Crippen LogP contribution in [0.15, 0.2) is 35.1 Å². The summed E-state index contributed by atoms with van der Waals surface area (Å²) in [5.41, 5.74) is -0.178. The highest BCUT2D eigenvalue weighted by molar-refractivity contribution is 5.95. The first kappa shape index (κ1) is 19.1. The first-order valence-electron chi connectivity index (χ1n) is 9.05. The van der Waals surface area contributed by atoms with Gasteiger partial charge >= 0.3 is 0 Å². The summed E-state index contributed by atoms with van der Waals surface area (Å²) >= 11 is 0. The molecular formula is C20H25N3O4. The molecule has 144 valence electrons. The minimum absolute atomic E-state index is 0.0200. The summed E-state index contributed by atoms with van der Waals surface area (Å²) in [6, 6.07) is 8.12. The Kier molecular flexibility index (Phi) is 4.82. The first-order chi connectivity index (χ1) is 12.6. The average Bonchev–Trinajstić information content (AvgIpc) is 2.92. The molecule has 1 fully saturated rings. The number of aliphatic hydroxyl groups is 1. The fraction of sp³-hybridized carbons (Fsp3) is 0.450. The molecule has 2 aromatic rings. The summed E-state index contributed by atoms with van der Waals surface area (Å²) in [4.78, 5) is 26.7. The second-order valence-corrected chi connectivity index (χ2v) is 7.70. The van der Waals surface area contributed by atoms with Gasteiger partial charge in [0.1, 0.15) is 0 Å². The second-order valence-electron chi connectivity index (χ2n) is 7.70. The van der Waals surface area contributed by atoms with Crippen molar-refractivity contribution >= 4 is 5.91 Å². The highest BCUT2D eigenvalue weighted by atomic mass is 16.3. The van der Waals surface area contributed by atoms with Crippen molar-refractivity contribution in [3.8, 4) is 11.4 Å². The van der Waals surface area contributed by atoms with E-state index in [1.807, 2.05) is 39.8 Å². The van der Waals surface area contributed by atoms with Crippen molar-refractivity contribution in [1.29, 1.82) is 0 Å². The van der Waals surface area contributed by atoms with Crippen molar-refractivity contribution in [2.24, 2.45) is 11.8 Å². The Morgan fingerprint density at radius 3 is 2.48 bits per heavy atom. The third kappa shape index (κ3) is 3.35. The van der Waals surface area contributed by atoms with Crippen molar-refractivity contribution in [3.05, 3.63) is 51.9 Å². The monoisotopic (exact) mass is 371 g/mol. The van der Waals surface area contributed by atoms with Gasteiger partial charge < -0.3 is 15.1 Å². The predicted octanol–water partition coefficient (Wildman–Crippen LogP) is 1.73. The number of β-amino-alcohol motifs (C(OH)–C–C–N with tert-alkyl or cyclic N) is 1. The fourth-order valence-electron chi connectivity index (χ4n) is 3.54. The molecule has 7 nitrogen and oxygen atoms in total. The predicted molar refractivity (Wildman–Crippen MR) is 101 cm³/mol. The van der Waals surface area contributed by atoms with E-state index >= 15 is 0 Å². The summed E-state index contributed by atoms with van der Waals surface area (Å²) in [5.74, 6) is -1.09. The number of amides is 1. The van der Waals surface area contributed by atoms with Crippen molar-refractivity contribution < 1.29 is 15.0 Å². The van der Waals surface area contributed by atoms with E-state index in [4.69, 9.17) is 0 Å². The van der Waals surface area contributed by atoms with Gasteiger partial charge in [0, 0.05) is 18.5 Å². The minimum atomic E-state index is -0.989. The lowest BCUT2D eigenvalue weighted by Crippen LogP contribution is -2.43. The summed E-state index contributed by atoms with van der Waals surface area (Å²) < 4.78 is 1.10. The number of carbonyl (C=O) groups is 1. The normalized spacial score (nSPS) is 22.4. The van der Waals surface area contributed by atoms with Crippen LogP contribution in [0.1, 0.15) is 36.8 Å². The molecule has 1 aromatic carbocycles. The number of aryl methyl sites for hydroxylation is 1. The molecule has 0 unspecified atom stereocenters. The third-order valence-electron chi connectivity index (χ3n) is 5.47. The Bertz CT molecular complexity index is 920. The van der Waals surface area contributed by atoms with Crippen molar-refractivity contribution in [3.63, 3.8) is 0 Å². The van der Waals surface area contributed by atoms with Crippen LogP contribution in [0.3, 0.4) is 0 Å². The van der Waals surface area contributed by atoms with Gasteiger partial charge in [0.05, 0.1) is 17.8 Å². The number of hydrogen-bond donors (Lipinski definition) is 2. The lowest BCUT2D eigenvalue weighted by Gasteiger charge is -2.30. The van der Waals surface area contributed by atoms with Crippen molar-refractivity contribution in [2.75, 3.05) is 13.1 Å². The Morgan fingerprint density at radius 2 is 1.93 bits per heavy atom. The van der Waals surface area contributed by atoms with E-state index in [0.717, 1.165) is 16.3 Å². The van der Waals surface area contributed by atoms with Crippen LogP contribution in [0.4, 0.5) is 0 Å². The van der Waals surface area contributed by atoms with Crippen LogP contribution in [-0.2, 0) is 0 Å². The Labute approximate surface area is 157 Å². The van der Waals surface area contributed by atoms with Gasteiger partial charge in [0.15, 0.2) is 11.4 Å². The Balaban J connectivity index is 1.97. The number of aromatic nitrogens is 2. The average molecular weight is 371 g/mol. The molecule has 0 saturated carbocycles. The van der Waals surface area contributed by atoms with Crippen LogP contribution in [0.2, 0.25) is 0 Å². The summed E-state index contributed by atoms with van der Waals surface area (Å²) in [6.45, 7) is 8.17. The SMILES string of the molecule is Cc1ccc(-n2nc(C(=O)N3C[C@@H](C)[C@](O)(C(C)C)C3)c(O)cc2=O)cc1. The van der Waals surface area contributed by atoms with Crippen LogP contribution < -0.4 is 5.56 Å². The quantitative estimate of drug-likeness (QED) is 0.857. The van der Waals surface area contributed by atoms with Gasteiger partial charge in [-0.15, -0.1) is 0 Å².